The summed E-state index contributed by atoms with van der Waals surface area (Å²) in [5.74, 6) is 3.43. The molecule has 7 fully saturated rings. The fourth-order valence-electron chi connectivity index (χ4n) is 15.0. The van der Waals surface area contributed by atoms with Gasteiger partial charge >= 0.3 is 6.16 Å². The molecule has 3 spiro atoms. The second-order valence-corrected chi connectivity index (χ2v) is 36.4. The minimum absolute atomic E-state index is 0. The van der Waals surface area contributed by atoms with Gasteiger partial charge in [-0.1, -0.05) is 134 Å². The highest BCUT2D eigenvalue weighted by Gasteiger charge is 2.80. The molecule has 1 saturated heterocycles. The lowest BCUT2D eigenvalue weighted by atomic mass is 9.60. The Balaban J connectivity index is 0.000000188. The number of hydrogen-bond acceptors (Lipinski definition) is 7. The van der Waals surface area contributed by atoms with Crippen LogP contribution in [0.4, 0.5) is 4.79 Å². The zero-order valence-electron chi connectivity index (χ0n) is 42.4. The largest absolute Gasteiger partial charge is 0.509 e. The molecule has 354 valence electrons. The lowest BCUT2D eigenvalue weighted by Gasteiger charge is -2.45. The molecule has 0 radical (unpaired) electrons. The number of ketones is 2. The number of carbonyl (C=O) groups excluding carboxylic acids is 3. The Labute approximate surface area is 385 Å². The van der Waals surface area contributed by atoms with Crippen molar-refractivity contribution < 1.29 is 32.7 Å². The fourth-order valence-corrected chi connectivity index (χ4v) is 17.8. The van der Waals surface area contributed by atoms with Crippen LogP contribution < -0.4 is 0 Å². The molecule has 0 amide bonds. The number of carbonyl (C=O) groups is 3. The van der Waals surface area contributed by atoms with Gasteiger partial charge in [-0.25, -0.2) is 4.79 Å². The Hall–Kier alpha value is -1.82. The van der Waals surface area contributed by atoms with Crippen molar-refractivity contribution in [2.45, 2.75) is 204 Å². The highest BCUT2D eigenvalue weighted by Crippen LogP contribution is 2.75. The van der Waals surface area contributed by atoms with Crippen LogP contribution in [0.2, 0.25) is 36.3 Å². The summed E-state index contributed by atoms with van der Waals surface area (Å²) in [5, 5.41) is 0.203. The lowest BCUT2D eigenvalue weighted by Crippen LogP contribution is -2.58. The fraction of sp³-hybridized carbons (Fsp3) is 0.833. The highest BCUT2D eigenvalue weighted by molar-refractivity contribution is 6.74. The average Bonchev–Trinajstić information content (AvgIpc) is 3.64. The van der Waals surface area contributed by atoms with Gasteiger partial charge in [0, 0.05) is 11.8 Å². The van der Waals surface area contributed by atoms with E-state index in [1.54, 1.807) is 0 Å². The molecular weight excluding hydrogens is 817 g/mol. The van der Waals surface area contributed by atoms with Crippen molar-refractivity contribution >= 4 is 34.4 Å². The van der Waals surface area contributed by atoms with Gasteiger partial charge in [0.15, 0.2) is 39.9 Å². The molecule has 0 aromatic carbocycles. The van der Waals surface area contributed by atoms with Crippen molar-refractivity contribution in [1.29, 1.82) is 0 Å². The summed E-state index contributed by atoms with van der Waals surface area (Å²) in [4.78, 5) is 41.9. The monoisotopic (exact) mass is 905 g/mol. The van der Waals surface area contributed by atoms with Gasteiger partial charge in [-0.15, -0.1) is 0 Å². The van der Waals surface area contributed by atoms with E-state index in [0.717, 1.165) is 18.4 Å². The number of Topliss-reactive ketones (excluding diaryl/α,β-unsaturated/α-hetero) is 2. The standard InChI is InChI=1S/C27H42O5Si.C26H42O2Si.CH4/c1-14-13-27-22(30-23(29)31-27)15(2)12-26(27)16(3)11-17-19(25(17,7)8)18(21(26)28)20(14)32-33(9,10)24(4,5)6;1-15-11-18-12-16(2)22(28-29(9,10)24(4,5)6)20-21-19(25(21,7)8)13-17(3)26(18,14-15)23(20)27;/h12,14,16-20,22H,11,13H2,1-10H3;11,14,16-17,19-22H,12-13H2,1-10H3;1H4/t14-,16-,17-,18-,19-,20-,22+,26+,27+;16-,17-,19-,20-,21-,22-,26-;/m11./s1. The maximum atomic E-state index is 14.9. The van der Waals surface area contributed by atoms with Crippen molar-refractivity contribution in [3.63, 3.8) is 0 Å². The van der Waals surface area contributed by atoms with Gasteiger partial charge in [-0.3, -0.25) is 9.59 Å². The molecule has 0 aromatic rings. The number of rotatable bonds is 4. The first kappa shape index (κ1) is 49.1. The Morgan fingerprint density at radius 3 is 1.68 bits per heavy atom. The summed E-state index contributed by atoms with van der Waals surface area (Å²) in [5.41, 5.74) is 1.87. The summed E-state index contributed by atoms with van der Waals surface area (Å²) in [7, 11) is -4.11. The van der Waals surface area contributed by atoms with Crippen LogP contribution in [0.5, 0.6) is 0 Å². The Bertz CT molecular complexity index is 2030. The first-order valence-corrected chi connectivity index (χ1v) is 30.4. The molecule has 1 heterocycles. The predicted octanol–water partition coefficient (Wildman–Crippen LogP) is 13.6. The Morgan fingerprint density at radius 2 is 1.17 bits per heavy atom. The predicted molar refractivity (Wildman–Crippen MR) is 259 cm³/mol. The SMILES string of the molecule is C.CC1=C[C@]23C(=O)[C@@H]([C@H](O[Si](C)(C)C(C)(C)C)[C@H](C)CC2=C1)[C@H]1[C@@H](C[C@H]3C)C1(C)C.CC1=C[C@]23C(=O)[C@@H]([C@H](O[Si](C)(C)C(C)(C)C)[C@H](C)C[C@@]24OC(=O)O[C@@H]14)[C@H]1[C@@H](C[C@H]3C)C1(C)C. The van der Waals surface area contributed by atoms with Crippen LogP contribution in [0, 0.1) is 80.8 Å². The molecule has 9 heteroatoms. The molecule has 63 heavy (non-hydrogen) atoms. The van der Waals surface area contributed by atoms with E-state index < -0.39 is 39.9 Å². The number of hydrogen-bond donors (Lipinski definition) is 0. The molecule has 1 aliphatic heterocycles. The Morgan fingerprint density at radius 1 is 0.698 bits per heavy atom. The minimum Gasteiger partial charge on any atom is -0.422 e. The van der Waals surface area contributed by atoms with E-state index in [1.165, 1.54) is 17.6 Å². The van der Waals surface area contributed by atoms with Gasteiger partial charge in [-0.2, -0.15) is 0 Å². The lowest BCUT2D eigenvalue weighted by molar-refractivity contribution is -0.148. The van der Waals surface area contributed by atoms with E-state index in [0.29, 0.717) is 47.7 Å². The quantitative estimate of drug-likeness (QED) is 0.158. The van der Waals surface area contributed by atoms with Gasteiger partial charge in [0.05, 0.1) is 23.0 Å². The summed E-state index contributed by atoms with van der Waals surface area (Å²) in [6.45, 7) is 45.7. The maximum Gasteiger partial charge on any atom is 0.509 e. The molecule has 4 bridgehead atoms. The van der Waals surface area contributed by atoms with Crippen LogP contribution in [0.15, 0.2) is 34.9 Å². The van der Waals surface area contributed by atoms with E-state index in [2.05, 4.69) is 148 Å². The molecular formula is C54H88O7Si2. The van der Waals surface area contributed by atoms with Crippen molar-refractivity contribution in [2.75, 3.05) is 0 Å². The molecule has 8 aliphatic carbocycles. The Kier molecular flexibility index (Phi) is 11.4. The number of fused-ring (bicyclic) bond motifs is 6. The van der Waals surface area contributed by atoms with Crippen molar-refractivity contribution in [2.24, 2.45) is 80.8 Å². The van der Waals surface area contributed by atoms with Gasteiger partial charge < -0.3 is 18.3 Å². The van der Waals surface area contributed by atoms with E-state index in [4.69, 9.17) is 18.3 Å². The molecule has 9 aliphatic rings. The zero-order chi connectivity index (χ0) is 46.2. The molecule has 7 nitrogen and oxygen atoms in total. The minimum atomic E-state index is -2.14. The van der Waals surface area contributed by atoms with Crippen LogP contribution in [0.3, 0.4) is 0 Å². The van der Waals surface area contributed by atoms with Crippen molar-refractivity contribution in [1.82, 2.24) is 0 Å². The van der Waals surface area contributed by atoms with Crippen molar-refractivity contribution in [3.05, 3.63) is 34.9 Å². The summed E-state index contributed by atoms with van der Waals surface area (Å²) >= 11 is 0. The summed E-state index contributed by atoms with van der Waals surface area (Å²) < 4.78 is 26.2. The molecule has 0 N–H and O–H groups in total. The van der Waals surface area contributed by atoms with E-state index in [1.807, 2.05) is 6.92 Å². The zero-order valence-corrected chi connectivity index (χ0v) is 44.4. The van der Waals surface area contributed by atoms with E-state index in [-0.39, 0.29) is 75.4 Å². The van der Waals surface area contributed by atoms with Gasteiger partial charge in [-0.05, 0) is 140 Å². The molecule has 9 rings (SSSR count). The molecule has 6 saturated carbocycles. The van der Waals surface area contributed by atoms with Crippen LogP contribution >= 0.6 is 0 Å². The van der Waals surface area contributed by atoms with E-state index >= 15 is 0 Å². The van der Waals surface area contributed by atoms with Gasteiger partial charge in [0.1, 0.15) is 0 Å². The molecule has 16 atom stereocenters. The van der Waals surface area contributed by atoms with Crippen LogP contribution in [-0.4, -0.2) is 58.3 Å². The number of ether oxygens (including phenoxy) is 2. The second kappa shape index (κ2) is 14.6. The maximum absolute atomic E-state index is 14.9. The first-order valence-electron chi connectivity index (χ1n) is 24.6. The van der Waals surface area contributed by atoms with E-state index in [9.17, 15) is 14.4 Å². The average molecular weight is 905 g/mol. The first-order chi connectivity index (χ1) is 28.2. The summed E-state index contributed by atoms with van der Waals surface area (Å²) in [6, 6.07) is 0. The second-order valence-electron chi connectivity index (χ2n) is 26.9. The topological polar surface area (TPSA) is 88.1 Å². The van der Waals surface area contributed by atoms with Gasteiger partial charge in [0.25, 0.3) is 0 Å². The summed E-state index contributed by atoms with van der Waals surface area (Å²) in [6.07, 6.45) is 9.33. The highest BCUT2D eigenvalue weighted by atomic mass is 28.4. The van der Waals surface area contributed by atoms with Crippen LogP contribution in [0.25, 0.3) is 0 Å². The third-order valence-electron chi connectivity index (χ3n) is 20.6. The van der Waals surface area contributed by atoms with Crippen LogP contribution in [-0.2, 0) is 27.9 Å². The number of allylic oxidation sites excluding steroid dienone is 4. The third-order valence-corrected chi connectivity index (χ3v) is 29.5. The molecule has 0 unspecified atom stereocenters. The normalized spacial score (nSPS) is 45.2. The smallest absolute Gasteiger partial charge is 0.422 e. The van der Waals surface area contributed by atoms with Crippen molar-refractivity contribution in [3.8, 4) is 0 Å². The van der Waals surface area contributed by atoms with Gasteiger partial charge in [0.2, 0.25) is 0 Å². The molecule has 0 aromatic heterocycles. The third kappa shape index (κ3) is 6.64. The van der Waals surface area contributed by atoms with Crippen LogP contribution in [0.1, 0.15) is 144 Å².